The molecule has 1 N–H and O–H groups in total. The summed E-state index contributed by atoms with van der Waals surface area (Å²) in [6, 6.07) is 10.9. The van der Waals surface area contributed by atoms with Gasteiger partial charge in [-0.3, -0.25) is 0 Å². The van der Waals surface area contributed by atoms with Crippen LogP contribution in [0.1, 0.15) is 50.5 Å². The van der Waals surface area contributed by atoms with Crippen LogP contribution in [0, 0.1) is 17.8 Å². The molecule has 5 nitrogen and oxygen atoms in total. The van der Waals surface area contributed by atoms with Crippen LogP contribution in [0.3, 0.4) is 0 Å². The highest BCUT2D eigenvalue weighted by Gasteiger charge is 2.61. The molecule has 3 unspecified atom stereocenters. The van der Waals surface area contributed by atoms with Gasteiger partial charge in [0.05, 0.1) is 24.4 Å². The summed E-state index contributed by atoms with van der Waals surface area (Å²) in [6.07, 6.45) is 7.30. The van der Waals surface area contributed by atoms with E-state index in [0.717, 1.165) is 45.2 Å². The number of urea groups is 1. The number of ether oxygens (including phenoxy) is 1. The monoisotopic (exact) mass is 396 g/mol. The molecule has 7 rings (SSSR count). The number of carbonyl (C=O) groups is 1. The largest absolute Gasteiger partial charge is 0.390 e. The van der Waals surface area contributed by atoms with Gasteiger partial charge in [0.25, 0.3) is 0 Å². The molecule has 4 saturated carbocycles. The minimum Gasteiger partial charge on any atom is -0.390 e. The van der Waals surface area contributed by atoms with Crippen molar-refractivity contribution in [3.63, 3.8) is 0 Å². The molecule has 2 saturated heterocycles. The first-order chi connectivity index (χ1) is 14.1. The number of aliphatic hydroxyl groups is 1. The number of hydrogen-bond acceptors (Lipinski definition) is 3. The van der Waals surface area contributed by atoms with Gasteiger partial charge in [-0.2, -0.15) is 0 Å². The van der Waals surface area contributed by atoms with Crippen molar-refractivity contribution in [3.8, 4) is 0 Å². The molecule has 156 valence electrons. The van der Waals surface area contributed by atoms with E-state index in [1.165, 1.54) is 18.4 Å². The van der Waals surface area contributed by atoms with E-state index in [-0.39, 0.29) is 11.6 Å². The number of nitrogens with zero attached hydrogens (tertiary/aromatic N) is 2. The van der Waals surface area contributed by atoms with Gasteiger partial charge >= 0.3 is 6.03 Å². The summed E-state index contributed by atoms with van der Waals surface area (Å²) in [6.45, 7) is 2.90. The van der Waals surface area contributed by atoms with Gasteiger partial charge < -0.3 is 19.6 Å². The van der Waals surface area contributed by atoms with Gasteiger partial charge in [-0.05, 0) is 68.3 Å². The lowest BCUT2D eigenvalue weighted by Gasteiger charge is -2.59. The van der Waals surface area contributed by atoms with Gasteiger partial charge in [0.15, 0.2) is 0 Å². The van der Waals surface area contributed by atoms with E-state index in [1.807, 2.05) is 18.2 Å². The third-order valence-electron chi connectivity index (χ3n) is 8.57. The molecule has 2 heterocycles. The zero-order valence-corrected chi connectivity index (χ0v) is 17.1. The highest BCUT2D eigenvalue weighted by Crippen LogP contribution is 2.58. The second kappa shape index (κ2) is 6.45. The number of fused-ring (bicyclic) bond motifs is 1. The Bertz CT molecular complexity index is 783. The van der Waals surface area contributed by atoms with Crippen molar-refractivity contribution in [2.75, 3.05) is 19.7 Å². The van der Waals surface area contributed by atoms with E-state index in [1.54, 1.807) is 0 Å². The van der Waals surface area contributed by atoms with Crippen LogP contribution >= 0.6 is 0 Å². The van der Waals surface area contributed by atoms with Crippen LogP contribution in [0.15, 0.2) is 30.3 Å². The van der Waals surface area contributed by atoms with Gasteiger partial charge in [-0.15, -0.1) is 0 Å². The molecule has 2 amide bonds. The second-order valence-electron chi connectivity index (χ2n) is 10.6. The quantitative estimate of drug-likeness (QED) is 0.830. The maximum absolute atomic E-state index is 13.5. The number of carbonyl (C=O) groups excluding carboxylic acids is 1. The Labute approximate surface area is 173 Å². The van der Waals surface area contributed by atoms with Crippen molar-refractivity contribution < 1.29 is 14.6 Å². The molecule has 0 spiro atoms. The maximum Gasteiger partial charge on any atom is 0.320 e. The Morgan fingerprint density at radius 1 is 1.10 bits per heavy atom. The average Bonchev–Trinajstić information content (AvgIpc) is 3.20. The Morgan fingerprint density at radius 3 is 2.59 bits per heavy atom. The van der Waals surface area contributed by atoms with E-state index in [0.29, 0.717) is 37.0 Å². The minimum atomic E-state index is -0.442. The molecule has 3 atom stereocenters. The summed E-state index contributed by atoms with van der Waals surface area (Å²) in [4.78, 5) is 17.8. The van der Waals surface area contributed by atoms with Crippen molar-refractivity contribution >= 4 is 6.03 Å². The predicted octanol–water partition coefficient (Wildman–Crippen LogP) is 3.41. The Morgan fingerprint density at radius 2 is 1.86 bits per heavy atom. The Kier molecular flexibility index (Phi) is 4.05. The molecule has 0 radical (unpaired) electrons. The first kappa shape index (κ1) is 18.2. The number of hydrogen-bond donors (Lipinski definition) is 1. The Hall–Kier alpha value is -1.59. The minimum absolute atomic E-state index is 0.155. The fourth-order valence-electron chi connectivity index (χ4n) is 7.77. The van der Waals surface area contributed by atoms with Crippen LogP contribution in [0.2, 0.25) is 0 Å². The highest BCUT2D eigenvalue weighted by molar-refractivity contribution is 5.79. The molecule has 1 aromatic rings. The van der Waals surface area contributed by atoms with Crippen LogP contribution in [-0.4, -0.2) is 57.8 Å². The second-order valence-corrected chi connectivity index (χ2v) is 10.6. The summed E-state index contributed by atoms with van der Waals surface area (Å²) in [7, 11) is 0. The normalized spacial score (nSPS) is 42.7. The van der Waals surface area contributed by atoms with E-state index in [4.69, 9.17) is 4.74 Å². The molecule has 4 aliphatic carbocycles. The van der Waals surface area contributed by atoms with Gasteiger partial charge in [0.1, 0.15) is 0 Å². The van der Waals surface area contributed by atoms with Crippen molar-refractivity contribution in [3.05, 3.63) is 35.9 Å². The van der Waals surface area contributed by atoms with Crippen LogP contribution in [-0.2, 0) is 11.3 Å². The van der Waals surface area contributed by atoms with Crippen molar-refractivity contribution in [1.29, 1.82) is 0 Å². The zero-order chi connectivity index (χ0) is 19.6. The fourth-order valence-corrected chi connectivity index (χ4v) is 7.77. The van der Waals surface area contributed by atoms with Gasteiger partial charge in [-0.25, -0.2) is 4.79 Å². The summed E-state index contributed by atoms with van der Waals surface area (Å²) < 4.78 is 6.17. The molecule has 0 aromatic heterocycles. The third-order valence-corrected chi connectivity index (χ3v) is 8.57. The van der Waals surface area contributed by atoms with Gasteiger partial charge in [0, 0.05) is 19.1 Å². The molecule has 6 fully saturated rings. The fraction of sp³-hybridized carbons (Fsp3) is 0.708. The predicted molar refractivity (Wildman–Crippen MR) is 109 cm³/mol. The SMILES string of the molecule is O=C1N(C2C3CC4CC2CC(O)(C4)C3)CC2(COCc3ccccc3)CCCN12. The highest BCUT2D eigenvalue weighted by atomic mass is 16.5. The summed E-state index contributed by atoms with van der Waals surface area (Å²) in [5, 5.41) is 10.9. The van der Waals surface area contributed by atoms with Crippen molar-refractivity contribution in [1.82, 2.24) is 9.80 Å². The standard InChI is InChI=1S/C24H32N2O3/c27-22-25(21-19-9-18-10-20(21)13-24(28,11-18)12-19)15-23(7-4-8-26(22)23)16-29-14-17-5-2-1-3-6-17/h1-3,5-6,18-21,28H,4,7-16H2. The lowest BCUT2D eigenvalue weighted by Crippen LogP contribution is -2.62. The van der Waals surface area contributed by atoms with Crippen molar-refractivity contribution in [2.24, 2.45) is 17.8 Å². The smallest absolute Gasteiger partial charge is 0.320 e. The molecule has 1 aromatic carbocycles. The van der Waals surface area contributed by atoms with Crippen LogP contribution in [0.5, 0.6) is 0 Å². The number of benzene rings is 1. The Balaban J connectivity index is 1.19. The molecule has 29 heavy (non-hydrogen) atoms. The topological polar surface area (TPSA) is 53.0 Å². The number of amides is 2. The van der Waals surface area contributed by atoms with Gasteiger partial charge in [0.2, 0.25) is 0 Å². The first-order valence-corrected chi connectivity index (χ1v) is 11.5. The van der Waals surface area contributed by atoms with Crippen LogP contribution in [0.4, 0.5) is 4.79 Å². The molecule has 4 bridgehead atoms. The average molecular weight is 397 g/mol. The molecular weight excluding hydrogens is 364 g/mol. The van der Waals surface area contributed by atoms with Crippen LogP contribution < -0.4 is 0 Å². The molecule has 6 aliphatic rings. The van der Waals surface area contributed by atoms with Gasteiger partial charge in [-0.1, -0.05) is 30.3 Å². The molecular formula is C24H32N2O3. The summed E-state index contributed by atoms with van der Waals surface area (Å²) >= 11 is 0. The summed E-state index contributed by atoms with van der Waals surface area (Å²) in [5.74, 6) is 1.64. The van der Waals surface area contributed by atoms with E-state index in [9.17, 15) is 9.90 Å². The number of rotatable bonds is 5. The molecule has 5 heteroatoms. The maximum atomic E-state index is 13.5. The van der Waals surface area contributed by atoms with Crippen molar-refractivity contribution in [2.45, 2.75) is 68.7 Å². The lowest BCUT2D eigenvalue weighted by molar-refractivity contribution is -0.153. The first-order valence-electron chi connectivity index (χ1n) is 11.5. The van der Waals surface area contributed by atoms with E-state index < -0.39 is 5.60 Å². The zero-order valence-electron chi connectivity index (χ0n) is 17.1. The lowest BCUT2D eigenvalue weighted by atomic mass is 9.52. The van der Waals surface area contributed by atoms with Crippen LogP contribution in [0.25, 0.3) is 0 Å². The molecule has 2 aliphatic heterocycles. The van der Waals surface area contributed by atoms with E-state index >= 15 is 0 Å². The third kappa shape index (κ3) is 2.84. The summed E-state index contributed by atoms with van der Waals surface area (Å²) in [5.41, 5.74) is 0.587. The van der Waals surface area contributed by atoms with E-state index in [2.05, 4.69) is 21.9 Å².